The third-order valence-electron chi connectivity index (χ3n) is 4.34. The highest BCUT2D eigenvalue weighted by molar-refractivity contribution is 5.96. The number of aromatic nitrogens is 1. The van der Waals surface area contributed by atoms with Gasteiger partial charge in [0.15, 0.2) is 0 Å². The number of rotatable bonds is 8. The standard InChI is InChI=1S/C23H23N3O4/c1-2-29-23(28)18-5-3-6-19(13-18)30-22-20(7-4-12-25-22)21(27)26-15-17-10-8-16(14-24)9-11-17/h3-13H,2,14-15,24H2,1H3,(H,26,27)/p+1. The van der Waals surface area contributed by atoms with E-state index in [0.717, 1.165) is 17.7 Å². The minimum atomic E-state index is -0.438. The van der Waals surface area contributed by atoms with Crippen molar-refractivity contribution < 1.29 is 24.8 Å². The molecule has 0 unspecified atom stereocenters. The molecule has 154 valence electrons. The molecule has 1 heterocycles. The number of hydrogen-bond acceptors (Lipinski definition) is 5. The molecule has 2 aromatic carbocycles. The van der Waals surface area contributed by atoms with Crippen molar-refractivity contribution in [2.75, 3.05) is 6.61 Å². The van der Waals surface area contributed by atoms with Gasteiger partial charge in [-0.25, -0.2) is 9.78 Å². The van der Waals surface area contributed by atoms with E-state index in [-0.39, 0.29) is 18.4 Å². The van der Waals surface area contributed by atoms with Crippen molar-refractivity contribution in [1.82, 2.24) is 10.3 Å². The lowest BCUT2D eigenvalue weighted by atomic mass is 10.1. The Morgan fingerprint density at radius 3 is 2.53 bits per heavy atom. The van der Waals surface area contributed by atoms with Gasteiger partial charge in [-0.05, 0) is 42.8 Å². The molecule has 0 atom stereocenters. The number of amides is 1. The van der Waals surface area contributed by atoms with E-state index >= 15 is 0 Å². The zero-order valence-corrected chi connectivity index (χ0v) is 16.8. The molecule has 0 saturated carbocycles. The summed E-state index contributed by atoms with van der Waals surface area (Å²) in [6.07, 6.45) is 1.54. The average molecular weight is 406 g/mol. The van der Waals surface area contributed by atoms with Crippen LogP contribution in [-0.4, -0.2) is 23.5 Å². The number of pyridine rings is 1. The number of carbonyl (C=O) groups is 2. The normalized spacial score (nSPS) is 10.3. The Morgan fingerprint density at radius 2 is 1.80 bits per heavy atom. The molecule has 0 bridgehead atoms. The Balaban J connectivity index is 1.71. The van der Waals surface area contributed by atoms with E-state index in [4.69, 9.17) is 9.47 Å². The van der Waals surface area contributed by atoms with Crippen LogP contribution in [0.3, 0.4) is 0 Å². The molecule has 0 aliphatic heterocycles. The average Bonchev–Trinajstić information content (AvgIpc) is 2.78. The molecule has 0 saturated heterocycles. The fourth-order valence-electron chi connectivity index (χ4n) is 2.76. The first-order valence-corrected chi connectivity index (χ1v) is 9.66. The van der Waals surface area contributed by atoms with Crippen LogP contribution in [0.4, 0.5) is 0 Å². The van der Waals surface area contributed by atoms with Gasteiger partial charge in [-0.3, -0.25) is 4.79 Å². The first-order chi connectivity index (χ1) is 14.6. The van der Waals surface area contributed by atoms with Gasteiger partial charge in [-0.1, -0.05) is 30.3 Å². The summed E-state index contributed by atoms with van der Waals surface area (Å²) in [4.78, 5) is 28.8. The van der Waals surface area contributed by atoms with E-state index < -0.39 is 5.97 Å². The van der Waals surface area contributed by atoms with Gasteiger partial charge in [0.2, 0.25) is 5.88 Å². The van der Waals surface area contributed by atoms with Gasteiger partial charge in [0.25, 0.3) is 5.91 Å². The number of quaternary nitrogens is 1. The summed E-state index contributed by atoms with van der Waals surface area (Å²) in [6.45, 7) is 3.13. The van der Waals surface area contributed by atoms with E-state index in [1.807, 2.05) is 24.3 Å². The molecule has 0 aliphatic rings. The molecule has 0 aliphatic carbocycles. The fraction of sp³-hybridized carbons (Fsp3) is 0.174. The van der Waals surface area contributed by atoms with Crippen LogP contribution in [0.1, 0.15) is 38.8 Å². The molecule has 0 fully saturated rings. The molecular formula is C23H24N3O4+. The lowest BCUT2D eigenvalue weighted by Gasteiger charge is -2.11. The van der Waals surface area contributed by atoms with Crippen molar-refractivity contribution in [3.05, 3.63) is 89.1 Å². The number of esters is 1. The lowest BCUT2D eigenvalue weighted by molar-refractivity contribution is -0.386. The van der Waals surface area contributed by atoms with Crippen molar-refractivity contribution in [2.24, 2.45) is 0 Å². The molecule has 1 amide bonds. The molecule has 30 heavy (non-hydrogen) atoms. The second-order valence-electron chi connectivity index (χ2n) is 6.46. The van der Waals surface area contributed by atoms with Crippen LogP contribution in [0, 0.1) is 0 Å². The van der Waals surface area contributed by atoms with Crippen LogP contribution in [0.2, 0.25) is 0 Å². The number of ether oxygens (including phenoxy) is 2. The summed E-state index contributed by atoms with van der Waals surface area (Å²) in [5.41, 5.74) is 6.63. The first kappa shape index (κ1) is 21.0. The summed E-state index contributed by atoms with van der Waals surface area (Å²) < 4.78 is 10.8. The van der Waals surface area contributed by atoms with Gasteiger partial charge in [-0.2, -0.15) is 0 Å². The zero-order chi connectivity index (χ0) is 21.3. The minimum absolute atomic E-state index is 0.156. The molecule has 4 N–H and O–H groups in total. The minimum Gasteiger partial charge on any atom is -0.462 e. The maximum absolute atomic E-state index is 12.7. The van der Waals surface area contributed by atoms with Crippen LogP contribution in [0.15, 0.2) is 66.9 Å². The van der Waals surface area contributed by atoms with Crippen molar-refractivity contribution in [2.45, 2.75) is 20.0 Å². The van der Waals surface area contributed by atoms with Gasteiger partial charge in [0.05, 0.1) is 18.7 Å². The number of benzene rings is 2. The number of nitrogens with zero attached hydrogens (tertiary/aromatic N) is 1. The van der Waals surface area contributed by atoms with Crippen molar-refractivity contribution >= 4 is 11.9 Å². The highest BCUT2D eigenvalue weighted by Gasteiger charge is 2.15. The smallest absolute Gasteiger partial charge is 0.338 e. The van der Waals surface area contributed by atoms with Crippen LogP contribution < -0.4 is 15.8 Å². The van der Waals surface area contributed by atoms with Gasteiger partial charge in [0.1, 0.15) is 11.3 Å². The third kappa shape index (κ3) is 5.42. The molecule has 1 aromatic heterocycles. The maximum Gasteiger partial charge on any atom is 0.338 e. The maximum atomic E-state index is 12.7. The van der Waals surface area contributed by atoms with Crippen LogP contribution in [0.25, 0.3) is 0 Å². The predicted octanol–water partition coefficient (Wildman–Crippen LogP) is 2.72. The quantitative estimate of drug-likeness (QED) is 0.560. The van der Waals surface area contributed by atoms with Crippen molar-refractivity contribution in [1.29, 1.82) is 0 Å². The molecule has 0 spiro atoms. The van der Waals surface area contributed by atoms with Gasteiger partial charge in [0, 0.05) is 18.3 Å². The Morgan fingerprint density at radius 1 is 1.03 bits per heavy atom. The fourth-order valence-corrected chi connectivity index (χ4v) is 2.76. The molecule has 7 nitrogen and oxygen atoms in total. The summed E-state index contributed by atoms with van der Waals surface area (Å²) in [5.74, 6) is -0.201. The number of hydrogen-bond donors (Lipinski definition) is 2. The highest BCUT2D eigenvalue weighted by atomic mass is 16.5. The van der Waals surface area contributed by atoms with Crippen LogP contribution in [0.5, 0.6) is 11.6 Å². The van der Waals surface area contributed by atoms with E-state index in [0.29, 0.717) is 23.4 Å². The topological polar surface area (TPSA) is 105 Å². The van der Waals surface area contributed by atoms with Gasteiger partial charge < -0.3 is 20.5 Å². The van der Waals surface area contributed by atoms with E-state index in [1.54, 1.807) is 49.5 Å². The second-order valence-corrected chi connectivity index (χ2v) is 6.46. The highest BCUT2D eigenvalue weighted by Crippen LogP contribution is 2.24. The van der Waals surface area contributed by atoms with Crippen LogP contribution in [-0.2, 0) is 17.8 Å². The number of nitrogens with one attached hydrogen (secondary N) is 1. The summed E-state index contributed by atoms with van der Waals surface area (Å²) in [5, 5.41) is 2.88. The van der Waals surface area contributed by atoms with Gasteiger partial charge >= 0.3 is 5.97 Å². The van der Waals surface area contributed by atoms with E-state index in [9.17, 15) is 9.59 Å². The monoisotopic (exact) mass is 406 g/mol. The third-order valence-corrected chi connectivity index (χ3v) is 4.34. The van der Waals surface area contributed by atoms with Crippen molar-refractivity contribution in [3.63, 3.8) is 0 Å². The molecule has 0 radical (unpaired) electrons. The molecular weight excluding hydrogens is 382 g/mol. The molecule has 7 heteroatoms. The Kier molecular flexibility index (Phi) is 7.13. The van der Waals surface area contributed by atoms with Crippen LogP contribution >= 0.6 is 0 Å². The second kappa shape index (κ2) is 10.2. The predicted molar refractivity (Wildman–Crippen MR) is 111 cm³/mol. The lowest BCUT2D eigenvalue weighted by Crippen LogP contribution is -2.47. The zero-order valence-electron chi connectivity index (χ0n) is 16.8. The van der Waals surface area contributed by atoms with E-state index in [1.165, 1.54) is 0 Å². The SMILES string of the molecule is CCOC(=O)c1cccc(Oc2ncccc2C(=O)NCc2ccc(C[NH3+])cc2)c1. The van der Waals surface area contributed by atoms with Crippen molar-refractivity contribution in [3.8, 4) is 11.6 Å². The summed E-state index contributed by atoms with van der Waals surface area (Å²) >= 11 is 0. The first-order valence-electron chi connectivity index (χ1n) is 9.66. The van der Waals surface area contributed by atoms with E-state index in [2.05, 4.69) is 16.0 Å². The number of carbonyl (C=O) groups excluding carboxylic acids is 2. The largest absolute Gasteiger partial charge is 0.462 e. The molecule has 3 rings (SSSR count). The Labute approximate surface area is 174 Å². The summed E-state index contributed by atoms with van der Waals surface area (Å²) in [6, 6.07) is 17.8. The molecule has 3 aromatic rings. The Bertz CT molecular complexity index is 1020. The van der Waals surface area contributed by atoms with Gasteiger partial charge in [-0.15, -0.1) is 0 Å². The summed E-state index contributed by atoms with van der Waals surface area (Å²) in [7, 11) is 0. The Hall–Kier alpha value is -3.71.